The lowest BCUT2D eigenvalue weighted by molar-refractivity contribution is -0.137. The Balaban J connectivity index is 2.75. The summed E-state index contributed by atoms with van der Waals surface area (Å²) >= 11 is 0. The Morgan fingerprint density at radius 3 is 2.59 bits per heavy atom. The van der Waals surface area contributed by atoms with Crippen LogP contribution in [-0.4, -0.2) is 20.8 Å². The highest BCUT2D eigenvalue weighted by Crippen LogP contribution is 2.31. The Bertz CT molecular complexity index is 603. The van der Waals surface area contributed by atoms with Crippen LogP contribution in [0.15, 0.2) is 18.5 Å². The Morgan fingerprint density at radius 2 is 2.06 bits per heavy atom. The fraction of sp³-hybridized carbons (Fsp3) is 0.111. The smallest absolute Gasteiger partial charge is 0.417 e. The fourth-order valence-electron chi connectivity index (χ4n) is 1.38. The SMILES string of the molecule is O=C(O)n1cc(F)c2ncc(C(F)(F)F)cc21. The first-order chi connectivity index (χ1) is 7.80. The molecule has 0 spiro atoms. The van der Waals surface area contributed by atoms with Gasteiger partial charge in [-0.1, -0.05) is 0 Å². The van der Waals surface area contributed by atoms with Crippen LogP contribution in [0, 0.1) is 5.82 Å². The van der Waals surface area contributed by atoms with Gasteiger partial charge < -0.3 is 5.11 Å². The minimum atomic E-state index is -4.66. The van der Waals surface area contributed by atoms with Crippen LogP contribution < -0.4 is 0 Å². The molecule has 0 atom stereocenters. The molecule has 2 heterocycles. The van der Waals surface area contributed by atoms with Gasteiger partial charge in [0.2, 0.25) is 0 Å². The molecule has 0 bridgehead atoms. The summed E-state index contributed by atoms with van der Waals surface area (Å²) in [4.78, 5) is 13.9. The average molecular weight is 248 g/mol. The zero-order valence-electron chi connectivity index (χ0n) is 7.99. The van der Waals surface area contributed by atoms with Gasteiger partial charge in [0, 0.05) is 6.20 Å². The van der Waals surface area contributed by atoms with E-state index in [1.54, 1.807) is 0 Å². The van der Waals surface area contributed by atoms with Crippen molar-refractivity contribution in [1.82, 2.24) is 9.55 Å². The van der Waals surface area contributed by atoms with Crippen molar-refractivity contribution in [2.75, 3.05) is 0 Å². The topological polar surface area (TPSA) is 55.1 Å². The van der Waals surface area contributed by atoms with Gasteiger partial charge >= 0.3 is 12.3 Å². The molecule has 17 heavy (non-hydrogen) atoms. The predicted molar refractivity (Wildman–Crippen MR) is 48.1 cm³/mol. The Hall–Kier alpha value is -2.12. The fourth-order valence-corrected chi connectivity index (χ4v) is 1.38. The number of rotatable bonds is 0. The highest BCUT2D eigenvalue weighted by atomic mass is 19.4. The third-order valence-electron chi connectivity index (χ3n) is 2.13. The molecule has 0 saturated heterocycles. The molecule has 0 saturated carbocycles. The van der Waals surface area contributed by atoms with Crippen LogP contribution in [0.2, 0.25) is 0 Å². The van der Waals surface area contributed by atoms with Crippen LogP contribution in [0.1, 0.15) is 5.56 Å². The average Bonchev–Trinajstić information content (AvgIpc) is 2.54. The van der Waals surface area contributed by atoms with Gasteiger partial charge in [0.25, 0.3) is 0 Å². The molecule has 0 fully saturated rings. The lowest BCUT2D eigenvalue weighted by atomic mass is 10.2. The number of hydrogen-bond donors (Lipinski definition) is 1. The lowest BCUT2D eigenvalue weighted by Crippen LogP contribution is -2.09. The molecule has 2 aromatic heterocycles. The van der Waals surface area contributed by atoms with Crippen molar-refractivity contribution in [3.05, 3.63) is 29.8 Å². The Morgan fingerprint density at radius 1 is 1.41 bits per heavy atom. The number of carboxylic acid groups (broad SMARTS) is 1. The summed E-state index contributed by atoms with van der Waals surface area (Å²) in [5.74, 6) is -0.990. The van der Waals surface area contributed by atoms with Crippen molar-refractivity contribution in [3.8, 4) is 0 Å². The van der Waals surface area contributed by atoms with Crippen LogP contribution in [-0.2, 0) is 6.18 Å². The number of aromatic nitrogens is 2. The van der Waals surface area contributed by atoms with E-state index in [1.807, 2.05) is 0 Å². The summed E-state index contributed by atoms with van der Waals surface area (Å²) < 4.78 is 50.6. The van der Waals surface area contributed by atoms with Crippen molar-refractivity contribution in [2.45, 2.75) is 6.18 Å². The van der Waals surface area contributed by atoms with Crippen molar-refractivity contribution in [2.24, 2.45) is 0 Å². The van der Waals surface area contributed by atoms with E-state index >= 15 is 0 Å². The number of fused-ring (bicyclic) bond motifs is 1. The number of alkyl halides is 3. The van der Waals surface area contributed by atoms with Crippen molar-refractivity contribution in [1.29, 1.82) is 0 Å². The standard InChI is InChI=1S/C9H4F4N2O2/c10-5-3-15(8(16)17)6-1-4(9(11,12)13)2-14-7(5)6/h1-3H,(H,16,17). The highest BCUT2D eigenvalue weighted by molar-refractivity contribution is 5.87. The van der Waals surface area contributed by atoms with Gasteiger partial charge in [-0.3, -0.25) is 4.98 Å². The number of carbonyl (C=O) groups is 1. The summed E-state index contributed by atoms with van der Waals surface area (Å²) in [5, 5.41) is 8.68. The van der Waals surface area contributed by atoms with Gasteiger partial charge in [-0.05, 0) is 6.07 Å². The molecule has 0 amide bonds. The quantitative estimate of drug-likeness (QED) is 0.729. The number of pyridine rings is 1. The van der Waals surface area contributed by atoms with Gasteiger partial charge in [-0.15, -0.1) is 0 Å². The van der Waals surface area contributed by atoms with E-state index in [-0.39, 0.29) is 0 Å². The second-order valence-corrected chi connectivity index (χ2v) is 3.22. The number of halogens is 4. The molecule has 90 valence electrons. The van der Waals surface area contributed by atoms with E-state index in [4.69, 9.17) is 5.11 Å². The minimum absolute atomic E-state index is 0.354. The Kier molecular flexibility index (Phi) is 2.30. The first kappa shape index (κ1) is 11.4. The maximum Gasteiger partial charge on any atom is 0.417 e. The summed E-state index contributed by atoms with van der Waals surface area (Å²) in [7, 11) is 0. The second kappa shape index (κ2) is 3.44. The highest BCUT2D eigenvalue weighted by Gasteiger charge is 2.32. The van der Waals surface area contributed by atoms with Crippen LogP contribution in [0.25, 0.3) is 11.0 Å². The molecular weight excluding hydrogens is 244 g/mol. The van der Waals surface area contributed by atoms with Gasteiger partial charge in [0.05, 0.1) is 17.3 Å². The maximum absolute atomic E-state index is 13.2. The maximum atomic E-state index is 13.2. The number of hydrogen-bond acceptors (Lipinski definition) is 2. The van der Waals surface area contributed by atoms with Gasteiger partial charge in [0.1, 0.15) is 5.52 Å². The molecule has 2 rings (SSSR count). The summed E-state index contributed by atoms with van der Waals surface area (Å²) in [6.07, 6.45) is -5.22. The lowest BCUT2D eigenvalue weighted by Gasteiger charge is -2.06. The van der Waals surface area contributed by atoms with E-state index in [9.17, 15) is 22.4 Å². The normalized spacial score (nSPS) is 12.0. The molecule has 0 aromatic carbocycles. The van der Waals surface area contributed by atoms with E-state index in [2.05, 4.69) is 4.98 Å². The van der Waals surface area contributed by atoms with E-state index in [1.165, 1.54) is 0 Å². The summed E-state index contributed by atoms with van der Waals surface area (Å²) in [6, 6.07) is 0.541. The van der Waals surface area contributed by atoms with Crippen LogP contribution in [0.4, 0.5) is 22.4 Å². The van der Waals surface area contributed by atoms with Gasteiger partial charge in [0.15, 0.2) is 5.82 Å². The van der Waals surface area contributed by atoms with Crippen LogP contribution >= 0.6 is 0 Å². The molecule has 0 unspecified atom stereocenters. The molecule has 0 aliphatic rings. The molecule has 2 aromatic rings. The minimum Gasteiger partial charge on any atom is -0.464 e. The van der Waals surface area contributed by atoms with Gasteiger partial charge in [-0.25, -0.2) is 13.8 Å². The molecule has 4 nitrogen and oxygen atoms in total. The second-order valence-electron chi connectivity index (χ2n) is 3.22. The number of nitrogens with zero attached hydrogens (tertiary/aromatic N) is 2. The summed E-state index contributed by atoms with van der Waals surface area (Å²) in [5.41, 5.74) is -1.99. The largest absolute Gasteiger partial charge is 0.464 e. The third kappa shape index (κ3) is 1.81. The van der Waals surface area contributed by atoms with Crippen molar-refractivity contribution in [3.63, 3.8) is 0 Å². The summed E-state index contributed by atoms with van der Waals surface area (Å²) in [6.45, 7) is 0. The van der Waals surface area contributed by atoms with Crippen LogP contribution in [0.3, 0.4) is 0 Å². The van der Waals surface area contributed by atoms with E-state index in [0.717, 1.165) is 0 Å². The predicted octanol–water partition coefficient (Wildman–Crippen LogP) is 2.72. The molecule has 0 radical (unpaired) electrons. The van der Waals surface area contributed by atoms with Crippen LogP contribution in [0.5, 0.6) is 0 Å². The first-order valence-corrected chi connectivity index (χ1v) is 4.28. The monoisotopic (exact) mass is 248 g/mol. The molecule has 1 N–H and O–H groups in total. The van der Waals surface area contributed by atoms with Crippen molar-refractivity contribution >= 4 is 17.1 Å². The van der Waals surface area contributed by atoms with Gasteiger partial charge in [-0.2, -0.15) is 13.2 Å². The van der Waals surface area contributed by atoms with E-state index in [0.29, 0.717) is 23.0 Å². The molecule has 0 aliphatic carbocycles. The van der Waals surface area contributed by atoms with E-state index < -0.39 is 34.7 Å². The molecule has 8 heteroatoms. The molecule has 0 aliphatic heterocycles. The zero-order chi connectivity index (χ0) is 12.8. The zero-order valence-corrected chi connectivity index (χ0v) is 7.99. The first-order valence-electron chi connectivity index (χ1n) is 4.28. The molecular formula is C9H4F4N2O2. The Labute approximate surface area is 91.1 Å². The third-order valence-corrected chi connectivity index (χ3v) is 2.13. The van der Waals surface area contributed by atoms with Crippen molar-refractivity contribution < 1.29 is 27.5 Å².